The molecule has 2 heterocycles. The number of ether oxygens (including phenoxy) is 1. The lowest BCUT2D eigenvalue weighted by atomic mass is 10.3. The summed E-state index contributed by atoms with van der Waals surface area (Å²) in [5, 5.41) is 14.1. The van der Waals surface area contributed by atoms with Crippen molar-refractivity contribution in [1.29, 1.82) is 0 Å². The van der Waals surface area contributed by atoms with E-state index in [2.05, 4.69) is 10.3 Å². The summed E-state index contributed by atoms with van der Waals surface area (Å²) in [5.74, 6) is 0.722. The lowest BCUT2D eigenvalue weighted by molar-refractivity contribution is -0.385. The average molecular weight is 318 g/mol. The van der Waals surface area contributed by atoms with Crippen molar-refractivity contribution in [3.8, 4) is 0 Å². The third kappa shape index (κ3) is 3.65. The van der Waals surface area contributed by atoms with Crippen LogP contribution >= 0.6 is 0 Å². The molecule has 0 saturated heterocycles. The summed E-state index contributed by atoms with van der Waals surface area (Å²) in [4.78, 5) is 26.9. The van der Waals surface area contributed by atoms with Gasteiger partial charge in [0, 0.05) is 26.0 Å². The van der Waals surface area contributed by atoms with Crippen LogP contribution in [0.2, 0.25) is 0 Å². The van der Waals surface area contributed by atoms with Gasteiger partial charge < -0.3 is 10.1 Å². The maximum atomic E-state index is 12.2. The highest BCUT2D eigenvalue weighted by Gasteiger charge is 2.23. The molecule has 3 rings (SSSR count). The Morgan fingerprint density at radius 1 is 1.43 bits per heavy atom. The molecule has 2 aromatic rings. The molecule has 122 valence electrons. The second kappa shape index (κ2) is 6.74. The van der Waals surface area contributed by atoms with Gasteiger partial charge in [0.1, 0.15) is 5.65 Å². The van der Waals surface area contributed by atoms with Crippen LogP contribution in [0.1, 0.15) is 19.3 Å². The van der Waals surface area contributed by atoms with E-state index in [9.17, 15) is 14.9 Å². The summed E-state index contributed by atoms with van der Waals surface area (Å²) in [6, 6.07) is 4.99. The lowest BCUT2D eigenvalue weighted by Crippen LogP contribution is -2.21. The van der Waals surface area contributed by atoms with Crippen molar-refractivity contribution in [3.63, 3.8) is 0 Å². The van der Waals surface area contributed by atoms with Crippen LogP contribution in [-0.4, -0.2) is 34.1 Å². The Morgan fingerprint density at radius 2 is 2.26 bits per heavy atom. The zero-order valence-corrected chi connectivity index (χ0v) is 12.6. The monoisotopic (exact) mass is 318 g/mol. The quantitative estimate of drug-likeness (QED) is 0.453. The smallest absolute Gasteiger partial charge is 0.376 e. The van der Waals surface area contributed by atoms with Crippen LogP contribution in [0.3, 0.4) is 0 Å². The van der Waals surface area contributed by atoms with Crippen molar-refractivity contribution in [2.45, 2.75) is 19.3 Å². The fraction of sp³-hybridized carbons (Fsp3) is 0.467. The Balaban J connectivity index is 1.69. The van der Waals surface area contributed by atoms with Gasteiger partial charge in [0.15, 0.2) is 0 Å². The summed E-state index contributed by atoms with van der Waals surface area (Å²) < 4.78 is 6.68. The fourth-order valence-electron chi connectivity index (χ4n) is 2.28. The predicted molar refractivity (Wildman–Crippen MR) is 84.8 cm³/mol. The van der Waals surface area contributed by atoms with Gasteiger partial charge in [-0.2, -0.15) is 0 Å². The molecule has 23 heavy (non-hydrogen) atoms. The molecule has 0 amide bonds. The van der Waals surface area contributed by atoms with E-state index < -0.39 is 16.2 Å². The van der Waals surface area contributed by atoms with E-state index in [0.29, 0.717) is 31.1 Å². The molecule has 0 bridgehead atoms. The Bertz CT molecular complexity index is 770. The average Bonchev–Trinajstić information content (AvgIpc) is 3.34. The topological polar surface area (TPSA) is 98.8 Å². The van der Waals surface area contributed by atoms with Gasteiger partial charge in [-0.15, -0.1) is 0 Å². The maximum Gasteiger partial charge on any atom is 0.376 e. The number of hydrogen-bond acceptors (Lipinski definition) is 6. The van der Waals surface area contributed by atoms with Gasteiger partial charge in [0.25, 0.3) is 0 Å². The van der Waals surface area contributed by atoms with E-state index in [1.807, 2.05) is 0 Å². The number of pyridine rings is 1. The minimum atomic E-state index is -0.694. The van der Waals surface area contributed by atoms with E-state index >= 15 is 0 Å². The molecule has 8 nitrogen and oxygen atoms in total. The first-order valence-corrected chi connectivity index (χ1v) is 7.64. The number of hydrogen-bond donors (Lipinski definition) is 1. The van der Waals surface area contributed by atoms with Gasteiger partial charge >= 0.3 is 11.2 Å². The van der Waals surface area contributed by atoms with Crippen molar-refractivity contribution in [2.75, 3.05) is 25.1 Å². The molecule has 0 spiro atoms. The molecule has 8 heteroatoms. The number of nitrogens with one attached hydrogen (secondary N) is 1. The molecule has 1 N–H and O–H groups in total. The van der Waals surface area contributed by atoms with Crippen LogP contribution in [0.4, 0.5) is 11.5 Å². The molecule has 0 unspecified atom stereocenters. The predicted octanol–water partition coefficient (Wildman–Crippen LogP) is 1.83. The third-order valence-corrected chi connectivity index (χ3v) is 3.70. The second-order valence-electron chi connectivity index (χ2n) is 5.60. The van der Waals surface area contributed by atoms with Crippen LogP contribution < -0.4 is 10.9 Å². The van der Waals surface area contributed by atoms with Gasteiger partial charge in [-0.3, -0.25) is 19.3 Å². The van der Waals surface area contributed by atoms with Crippen molar-refractivity contribution in [3.05, 3.63) is 44.9 Å². The molecule has 0 aliphatic heterocycles. The zero-order valence-electron chi connectivity index (χ0n) is 12.6. The van der Waals surface area contributed by atoms with Crippen LogP contribution in [0.25, 0.3) is 5.65 Å². The molecule has 1 aliphatic rings. The Hall–Kier alpha value is -2.48. The lowest BCUT2D eigenvalue weighted by Gasteiger charge is -2.08. The minimum Gasteiger partial charge on any atom is -0.381 e. The normalized spacial score (nSPS) is 14.1. The van der Waals surface area contributed by atoms with Gasteiger partial charge in [-0.25, -0.2) is 4.98 Å². The van der Waals surface area contributed by atoms with Gasteiger partial charge in [0.2, 0.25) is 5.82 Å². The summed E-state index contributed by atoms with van der Waals surface area (Å²) in [6.07, 6.45) is 4.65. The Kier molecular flexibility index (Phi) is 4.52. The number of anilines is 1. The van der Waals surface area contributed by atoms with Crippen molar-refractivity contribution >= 4 is 17.2 Å². The summed E-state index contributed by atoms with van der Waals surface area (Å²) >= 11 is 0. The molecule has 0 radical (unpaired) electrons. The van der Waals surface area contributed by atoms with E-state index in [1.54, 1.807) is 18.2 Å². The molecular weight excluding hydrogens is 300 g/mol. The summed E-state index contributed by atoms with van der Waals surface area (Å²) in [5.41, 5.74) is -0.851. The number of nitro groups is 1. The highest BCUT2D eigenvalue weighted by molar-refractivity contribution is 5.59. The van der Waals surface area contributed by atoms with Gasteiger partial charge in [-0.05, 0) is 37.3 Å². The van der Waals surface area contributed by atoms with Gasteiger partial charge in [0.05, 0.1) is 4.92 Å². The molecule has 1 aliphatic carbocycles. The van der Waals surface area contributed by atoms with Crippen molar-refractivity contribution in [2.24, 2.45) is 5.92 Å². The van der Waals surface area contributed by atoms with E-state index in [1.165, 1.54) is 23.4 Å². The molecule has 1 fully saturated rings. The third-order valence-electron chi connectivity index (χ3n) is 3.70. The minimum absolute atomic E-state index is 0.00777. The second-order valence-corrected chi connectivity index (χ2v) is 5.60. The van der Waals surface area contributed by atoms with Crippen LogP contribution in [0.5, 0.6) is 0 Å². The standard InChI is InChI=1S/C15H18N4O4/c20-15-13(19(21)22)14(17-12-4-1-2-8-18(12)15)16-7-3-9-23-10-11-5-6-11/h1-2,4,8,11,16H,3,5-7,9-10H2. The van der Waals surface area contributed by atoms with Crippen LogP contribution in [-0.2, 0) is 4.74 Å². The molecule has 1 saturated carbocycles. The largest absolute Gasteiger partial charge is 0.381 e. The SMILES string of the molecule is O=c1c([N+](=O)[O-])c(NCCCOCC2CC2)nc2ccccn12. The highest BCUT2D eigenvalue weighted by atomic mass is 16.6. The molecule has 2 aromatic heterocycles. The fourth-order valence-corrected chi connectivity index (χ4v) is 2.28. The summed E-state index contributed by atoms with van der Waals surface area (Å²) in [7, 11) is 0. The van der Waals surface area contributed by atoms with E-state index in [0.717, 1.165) is 6.61 Å². The first-order chi connectivity index (χ1) is 11.2. The van der Waals surface area contributed by atoms with E-state index in [4.69, 9.17) is 4.74 Å². The van der Waals surface area contributed by atoms with Crippen LogP contribution in [0, 0.1) is 16.0 Å². The Labute approximate surface area is 132 Å². The van der Waals surface area contributed by atoms with Crippen LogP contribution in [0.15, 0.2) is 29.2 Å². The molecule has 0 aromatic carbocycles. The first-order valence-electron chi connectivity index (χ1n) is 7.64. The van der Waals surface area contributed by atoms with Crippen molar-refractivity contribution < 1.29 is 9.66 Å². The Morgan fingerprint density at radius 3 is 3.00 bits per heavy atom. The number of fused-ring (bicyclic) bond motifs is 1. The number of aromatic nitrogens is 2. The highest BCUT2D eigenvalue weighted by Crippen LogP contribution is 2.28. The zero-order chi connectivity index (χ0) is 16.2. The van der Waals surface area contributed by atoms with E-state index in [-0.39, 0.29) is 5.82 Å². The summed E-state index contributed by atoms with van der Waals surface area (Å²) in [6.45, 7) is 1.83. The molecule has 0 atom stereocenters. The number of rotatable bonds is 8. The number of nitrogens with zero attached hydrogens (tertiary/aromatic N) is 3. The molecular formula is C15H18N4O4. The first kappa shape index (κ1) is 15.4. The van der Waals surface area contributed by atoms with Gasteiger partial charge in [-0.1, -0.05) is 6.07 Å². The maximum absolute atomic E-state index is 12.2. The van der Waals surface area contributed by atoms with Crippen molar-refractivity contribution in [1.82, 2.24) is 9.38 Å².